The lowest BCUT2D eigenvalue weighted by Gasteiger charge is -2.19. The third kappa shape index (κ3) is 5.12. The van der Waals surface area contributed by atoms with Crippen molar-refractivity contribution in [2.75, 3.05) is 11.4 Å². The van der Waals surface area contributed by atoms with Gasteiger partial charge in [0.1, 0.15) is 16.7 Å². The van der Waals surface area contributed by atoms with Gasteiger partial charge in [-0.05, 0) is 48.1 Å². The average Bonchev–Trinajstić information content (AvgIpc) is 3.14. The fourth-order valence-corrected chi connectivity index (χ4v) is 4.79. The van der Waals surface area contributed by atoms with Crippen LogP contribution in [0.25, 0.3) is 0 Å². The van der Waals surface area contributed by atoms with E-state index in [0.717, 1.165) is 24.0 Å². The molecule has 0 radical (unpaired) electrons. The van der Waals surface area contributed by atoms with Crippen molar-refractivity contribution in [1.29, 1.82) is 5.26 Å². The Morgan fingerprint density at radius 3 is 2.19 bits per heavy atom. The summed E-state index contributed by atoms with van der Waals surface area (Å²) >= 11 is 1.28. The first-order valence-corrected chi connectivity index (χ1v) is 11.6. The van der Waals surface area contributed by atoms with Crippen LogP contribution in [0.2, 0.25) is 0 Å². The maximum Gasteiger partial charge on any atom is 0.264 e. The summed E-state index contributed by atoms with van der Waals surface area (Å²) in [6, 6.07) is 17.9. The van der Waals surface area contributed by atoms with Crippen molar-refractivity contribution in [2.24, 2.45) is 0 Å². The van der Waals surface area contributed by atoms with Gasteiger partial charge in [-0.1, -0.05) is 68.1 Å². The van der Waals surface area contributed by atoms with Crippen LogP contribution in [0.1, 0.15) is 30.5 Å². The maximum absolute atomic E-state index is 13.5. The second-order valence-electron chi connectivity index (χ2n) is 7.46. The van der Waals surface area contributed by atoms with E-state index in [9.17, 15) is 14.9 Å². The Kier molecular flexibility index (Phi) is 7.91. The van der Waals surface area contributed by atoms with E-state index in [2.05, 4.69) is 37.9 Å². The smallest absolute Gasteiger partial charge is 0.264 e. The molecule has 1 N–H and O–H groups in total. The number of thioether (sulfide) groups is 1. The second kappa shape index (κ2) is 10.8. The minimum absolute atomic E-state index is 0.0615. The Balaban J connectivity index is 1.99. The van der Waals surface area contributed by atoms with E-state index >= 15 is 0 Å². The highest BCUT2D eigenvalue weighted by molar-refractivity contribution is 8.05. The molecule has 2 amide bonds. The Morgan fingerprint density at radius 2 is 1.66 bits per heavy atom. The first-order valence-electron chi connectivity index (χ1n) is 10.7. The van der Waals surface area contributed by atoms with Crippen molar-refractivity contribution in [3.05, 3.63) is 88.5 Å². The van der Waals surface area contributed by atoms with Crippen LogP contribution in [0.3, 0.4) is 0 Å². The number of carbonyl (C=O) groups excluding carboxylic acids is 2. The summed E-state index contributed by atoms with van der Waals surface area (Å²) < 4.78 is 0. The molecule has 1 saturated heterocycles. The number of nitriles is 1. The van der Waals surface area contributed by atoms with E-state index in [0.29, 0.717) is 17.1 Å². The molecule has 1 unspecified atom stereocenters. The molecule has 1 fully saturated rings. The lowest BCUT2D eigenvalue weighted by molar-refractivity contribution is -0.117. The highest BCUT2D eigenvalue weighted by Crippen LogP contribution is 2.42. The largest absolute Gasteiger partial charge is 0.348 e. The highest BCUT2D eigenvalue weighted by Gasteiger charge is 2.40. The fraction of sp³-hybridized carbons (Fsp3) is 0.269. The van der Waals surface area contributed by atoms with Gasteiger partial charge in [0.25, 0.3) is 5.91 Å². The van der Waals surface area contributed by atoms with Crippen LogP contribution < -0.4 is 10.2 Å². The zero-order valence-corrected chi connectivity index (χ0v) is 19.2. The maximum atomic E-state index is 13.5. The summed E-state index contributed by atoms with van der Waals surface area (Å²) in [5.74, 6) is -0.635. The number of anilines is 1. The van der Waals surface area contributed by atoms with Crippen LogP contribution in [0.15, 0.2) is 71.8 Å². The molecule has 0 saturated carbocycles. The zero-order valence-electron chi connectivity index (χ0n) is 18.4. The van der Waals surface area contributed by atoms with Gasteiger partial charge in [0.2, 0.25) is 5.91 Å². The average molecular weight is 446 g/mol. The number of nitrogens with zero attached hydrogens (tertiary/aromatic N) is 2. The summed E-state index contributed by atoms with van der Waals surface area (Å²) in [4.78, 5) is 27.6. The SMILES string of the molecule is C=CCNC(=O)/C(C#N)=C1\SC(Cc2ccc(CC)cc2)C(=O)N1c1ccc(CC)cc1. The van der Waals surface area contributed by atoms with Crippen LogP contribution in [0.4, 0.5) is 5.69 Å². The lowest BCUT2D eigenvalue weighted by atomic mass is 10.1. The van der Waals surface area contributed by atoms with Gasteiger partial charge >= 0.3 is 0 Å². The Hall–Kier alpha value is -3.30. The molecule has 2 aromatic rings. The van der Waals surface area contributed by atoms with Gasteiger partial charge in [0.15, 0.2) is 0 Å². The van der Waals surface area contributed by atoms with E-state index in [1.54, 1.807) is 6.08 Å². The number of aryl methyl sites for hydroxylation is 2. The Bertz CT molecular complexity index is 1070. The molecule has 1 aliphatic rings. The molecule has 6 heteroatoms. The van der Waals surface area contributed by atoms with E-state index < -0.39 is 11.2 Å². The Morgan fingerprint density at radius 1 is 1.09 bits per heavy atom. The lowest BCUT2D eigenvalue weighted by Crippen LogP contribution is -2.32. The number of amides is 2. The van der Waals surface area contributed by atoms with Crippen LogP contribution in [-0.2, 0) is 28.9 Å². The fourth-order valence-electron chi connectivity index (χ4n) is 3.48. The molecule has 2 aromatic carbocycles. The van der Waals surface area contributed by atoms with Crippen molar-refractivity contribution in [3.8, 4) is 6.07 Å². The Labute approximate surface area is 193 Å². The number of benzene rings is 2. The molecule has 5 nitrogen and oxygen atoms in total. The van der Waals surface area contributed by atoms with E-state index in [-0.39, 0.29) is 18.0 Å². The topological polar surface area (TPSA) is 73.2 Å². The minimum atomic E-state index is -0.508. The highest BCUT2D eigenvalue weighted by atomic mass is 32.2. The third-order valence-corrected chi connectivity index (χ3v) is 6.63. The molecule has 1 heterocycles. The van der Waals surface area contributed by atoms with Crippen molar-refractivity contribution in [2.45, 2.75) is 38.4 Å². The number of nitrogens with one attached hydrogen (secondary N) is 1. The van der Waals surface area contributed by atoms with E-state index in [1.807, 2.05) is 42.5 Å². The molecular formula is C26H27N3O2S. The molecule has 164 valence electrons. The predicted molar refractivity (Wildman–Crippen MR) is 130 cm³/mol. The summed E-state index contributed by atoms with van der Waals surface area (Å²) in [6.45, 7) is 8.00. The molecule has 1 aliphatic heterocycles. The number of carbonyl (C=O) groups is 2. The van der Waals surface area contributed by atoms with Crippen LogP contribution in [0, 0.1) is 11.3 Å². The molecule has 0 aliphatic carbocycles. The monoisotopic (exact) mass is 445 g/mol. The van der Waals surface area contributed by atoms with Crippen LogP contribution in [-0.4, -0.2) is 23.6 Å². The molecule has 32 heavy (non-hydrogen) atoms. The summed E-state index contributed by atoms with van der Waals surface area (Å²) in [5.41, 5.74) is 4.03. The normalized spacial score (nSPS) is 17.1. The minimum Gasteiger partial charge on any atom is -0.348 e. The molecule has 3 rings (SSSR count). The summed E-state index contributed by atoms with van der Waals surface area (Å²) in [6.07, 6.45) is 3.91. The first-order chi connectivity index (χ1) is 15.5. The predicted octanol–water partition coefficient (Wildman–Crippen LogP) is 4.54. The number of rotatable bonds is 8. The van der Waals surface area contributed by atoms with E-state index in [4.69, 9.17) is 0 Å². The van der Waals surface area contributed by atoms with Crippen molar-refractivity contribution in [3.63, 3.8) is 0 Å². The van der Waals surface area contributed by atoms with Crippen molar-refractivity contribution < 1.29 is 9.59 Å². The molecular weight excluding hydrogens is 418 g/mol. The summed E-state index contributed by atoms with van der Waals surface area (Å²) in [5, 5.41) is 12.4. The zero-order chi connectivity index (χ0) is 23.1. The van der Waals surface area contributed by atoms with Gasteiger partial charge in [-0.15, -0.1) is 6.58 Å². The molecule has 0 aromatic heterocycles. The van der Waals surface area contributed by atoms with Gasteiger partial charge in [-0.25, -0.2) is 0 Å². The molecule has 0 spiro atoms. The molecule has 0 bridgehead atoms. The number of hydrogen-bond donors (Lipinski definition) is 1. The quantitative estimate of drug-likeness (QED) is 0.368. The van der Waals surface area contributed by atoms with Crippen LogP contribution >= 0.6 is 11.8 Å². The number of hydrogen-bond acceptors (Lipinski definition) is 4. The first kappa shape index (κ1) is 23.4. The standard InChI is InChI=1S/C26H27N3O2S/c1-4-15-28-24(30)22(17-27)26-29(21-13-11-19(6-3)12-14-21)25(31)23(32-26)16-20-9-7-18(5-2)8-10-20/h4,7-14,23H,1,5-6,15-16H2,2-3H3,(H,28,30)/b26-22-. The van der Waals surface area contributed by atoms with Crippen molar-refractivity contribution in [1.82, 2.24) is 5.32 Å². The van der Waals surface area contributed by atoms with Gasteiger partial charge in [0.05, 0.1) is 5.25 Å². The van der Waals surface area contributed by atoms with Crippen molar-refractivity contribution >= 4 is 29.3 Å². The van der Waals surface area contributed by atoms with Gasteiger partial charge in [-0.3, -0.25) is 14.5 Å². The third-order valence-electron chi connectivity index (χ3n) is 5.37. The van der Waals surface area contributed by atoms with Gasteiger partial charge in [0, 0.05) is 12.2 Å². The molecule has 1 atom stereocenters. The van der Waals surface area contributed by atoms with E-state index in [1.165, 1.54) is 22.2 Å². The van der Waals surface area contributed by atoms with Crippen LogP contribution in [0.5, 0.6) is 0 Å². The summed E-state index contributed by atoms with van der Waals surface area (Å²) in [7, 11) is 0. The second-order valence-corrected chi connectivity index (χ2v) is 8.66. The van der Waals surface area contributed by atoms with Gasteiger partial charge in [-0.2, -0.15) is 5.26 Å². The van der Waals surface area contributed by atoms with Gasteiger partial charge < -0.3 is 5.32 Å².